The Bertz CT molecular complexity index is 499. The third-order valence-electron chi connectivity index (χ3n) is 3.58. The molecule has 2 N–H and O–H groups in total. The minimum atomic E-state index is -0.165. The highest BCUT2D eigenvalue weighted by Crippen LogP contribution is 2.39. The van der Waals surface area contributed by atoms with Gasteiger partial charge in [-0.1, -0.05) is 0 Å². The number of piperidine rings is 1. The molecule has 1 saturated heterocycles. The van der Waals surface area contributed by atoms with E-state index in [1.807, 2.05) is 0 Å². The molecule has 1 aromatic carbocycles. The molecule has 1 amide bonds. The van der Waals surface area contributed by atoms with Crippen LogP contribution in [-0.4, -0.2) is 46.4 Å². The number of nitrogens with one attached hydrogen (secondary N) is 2. The van der Waals surface area contributed by atoms with Crippen molar-refractivity contribution >= 4 is 5.91 Å². The van der Waals surface area contributed by atoms with E-state index in [9.17, 15) is 4.79 Å². The van der Waals surface area contributed by atoms with E-state index in [1.165, 1.54) is 14.2 Å². The highest BCUT2D eigenvalue weighted by Gasteiger charge is 2.23. The van der Waals surface area contributed by atoms with E-state index in [4.69, 9.17) is 14.2 Å². The first-order chi connectivity index (χ1) is 10.2. The third-order valence-corrected chi connectivity index (χ3v) is 3.58. The standard InChI is InChI=1S/C15H22N2O4/c1-19-12-7-6-11(13(20-2)14(12)21-3)15(18)17-10-5-4-8-16-9-10/h6-7,10,16H,4-5,8-9H2,1-3H3,(H,17,18)/t10-/m1/s1. The molecule has 0 aliphatic carbocycles. The predicted molar refractivity (Wildman–Crippen MR) is 79.5 cm³/mol. The van der Waals surface area contributed by atoms with Crippen LogP contribution in [0, 0.1) is 0 Å². The molecule has 6 nitrogen and oxygen atoms in total. The lowest BCUT2D eigenvalue weighted by Gasteiger charge is -2.24. The summed E-state index contributed by atoms with van der Waals surface area (Å²) < 4.78 is 15.9. The van der Waals surface area contributed by atoms with Crippen molar-refractivity contribution in [3.8, 4) is 17.2 Å². The summed E-state index contributed by atoms with van der Waals surface area (Å²) in [7, 11) is 4.58. The largest absolute Gasteiger partial charge is 0.493 e. The molecule has 1 aliphatic heterocycles. The van der Waals surface area contributed by atoms with Crippen molar-refractivity contribution in [1.29, 1.82) is 0 Å². The van der Waals surface area contributed by atoms with Crippen molar-refractivity contribution in [3.05, 3.63) is 17.7 Å². The Morgan fingerprint density at radius 2 is 1.95 bits per heavy atom. The monoisotopic (exact) mass is 294 g/mol. The van der Waals surface area contributed by atoms with Gasteiger partial charge in [-0.15, -0.1) is 0 Å². The quantitative estimate of drug-likeness (QED) is 0.854. The average Bonchev–Trinajstić information content (AvgIpc) is 2.53. The highest BCUT2D eigenvalue weighted by molar-refractivity contribution is 5.98. The van der Waals surface area contributed by atoms with Crippen LogP contribution >= 0.6 is 0 Å². The Morgan fingerprint density at radius 3 is 2.52 bits per heavy atom. The summed E-state index contributed by atoms with van der Waals surface area (Å²) in [5.41, 5.74) is 0.445. The molecule has 0 radical (unpaired) electrons. The number of carbonyl (C=O) groups is 1. The molecule has 6 heteroatoms. The molecular formula is C15H22N2O4. The Hall–Kier alpha value is -1.95. The van der Waals surface area contributed by atoms with Gasteiger partial charge in [0.2, 0.25) is 5.75 Å². The Kier molecular flexibility index (Phi) is 5.27. The molecule has 116 valence electrons. The number of hydrogen-bond acceptors (Lipinski definition) is 5. The lowest BCUT2D eigenvalue weighted by Crippen LogP contribution is -2.45. The number of ether oxygens (including phenoxy) is 3. The molecule has 0 spiro atoms. The van der Waals surface area contributed by atoms with Crippen molar-refractivity contribution in [3.63, 3.8) is 0 Å². The molecular weight excluding hydrogens is 272 g/mol. The van der Waals surface area contributed by atoms with Gasteiger partial charge >= 0.3 is 0 Å². The Balaban J connectivity index is 2.23. The molecule has 1 fully saturated rings. The van der Waals surface area contributed by atoms with Crippen molar-refractivity contribution in [2.75, 3.05) is 34.4 Å². The van der Waals surface area contributed by atoms with Crippen LogP contribution in [0.1, 0.15) is 23.2 Å². The van der Waals surface area contributed by atoms with Crippen molar-refractivity contribution in [2.45, 2.75) is 18.9 Å². The van der Waals surface area contributed by atoms with Gasteiger partial charge in [0.1, 0.15) is 0 Å². The summed E-state index contributed by atoms with van der Waals surface area (Å²) in [4.78, 5) is 12.4. The first-order valence-electron chi connectivity index (χ1n) is 7.01. The second kappa shape index (κ2) is 7.17. The number of methoxy groups -OCH3 is 3. The van der Waals surface area contributed by atoms with Crippen LogP contribution < -0.4 is 24.8 Å². The fourth-order valence-corrected chi connectivity index (χ4v) is 2.52. The normalized spacial score (nSPS) is 18.0. The molecule has 0 bridgehead atoms. The lowest BCUT2D eigenvalue weighted by atomic mass is 10.1. The second-order valence-corrected chi connectivity index (χ2v) is 4.90. The lowest BCUT2D eigenvalue weighted by molar-refractivity contribution is 0.0927. The number of amides is 1. The van der Waals surface area contributed by atoms with Gasteiger partial charge in [-0.25, -0.2) is 0 Å². The van der Waals surface area contributed by atoms with Crippen molar-refractivity contribution in [1.82, 2.24) is 10.6 Å². The smallest absolute Gasteiger partial charge is 0.255 e. The highest BCUT2D eigenvalue weighted by atomic mass is 16.5. The minimum absolute atomic E-state index is 0.143. The molecule has 1 aromatic rings. The first-order valence-corrected chi connectivity index (χ1v) is 7.01. The zero-order valence-electron chi connectivity index (χ0n) is 12.7. The van der Waals surface area contributed by atoms with Gasteiger partial charge in [-0.2, -0.15) is 0 Å². The van der Waals surface area contributed by atoms with E-state index in [0.717, 1.165) is 25.9 Å². The number of rotatable bonds is 5. The van der Waals surface area contributed by atoms with Gasteiger partial charge in [-0.05, 0) is 31.5 Å². The summed E-state index contributed by atoms with van der Waals surface area (Å²) in [6.07, 6.45) is 2.04. The third kappa shape index (κ3) is 3.39. The summed E-state index contributed by atoms with van der Waals surface area (Å²) in [5, 5.41) is 6.29. The molecule has 2 rings (SSSR count). The molecule has 1 aliphatic rings. The van der Waals surface area contributed by atoms with Crippen LogP contribution in [0.2, 0.25) is 0 Å². The van der Waals surface area contributed by atoms with E-state index >= 15 is 0 Å². The van der Waals surface area contributed by atoms with Crippen LogP contribution in [0.5, 0.6) is 17.2 Å². The summed E-state index contributed by atoms with van der Waals surface area (Å²) in [6, 6.07) is 3.53. The SMILES string of the molecule is COc1ccc(C(=O)N[C@@H]2CCCNC2)c(OC)c1OC. The number of benzene rings is 1. The average molecular weight is 294 g/mol. The van der Waals surface area contributed by atoms with Gasteiger partial charge < -0.3 is 24.8 Å². The Labute approximate surface area is 124 Å². The molecule has 21 heavy (non-hydrogen) atoms. The summed E-state index contributed by atoms with van der Waals surface area (Å²) in [5.74, 6) is 1.18. The van der Waals surface area contributed by atoms with E-state index in [2.05, 4.69) is 10.6 Å². The zero-order chi connectivity index (χ0) is 15.2. The van der Waals surface area contributed by atoms with Crippen molar-refractivity contribution < 1.29 is 19.0 Å². The molecule has 1 heterocycles. The van der Waals surface area contributed by atoms with Gasteiger partial charge in [0.05, 0.1) is 26.9 Å². The first kappa shape index (κ1) is 15.4. The predicted octanol–water partition coefficient (Wildman–Crippen LogP) is 1.19. The molecule has 1 atom stereocenters. The van der Waals surface area contributed by atoms with Gasteiger partial charge in [0.25, 0.3) is 5.91 Å². The second-order valence-electron chi connectivity index (χ2n) is 4.90. The van der Waals surface area contributed by atoms with Crippen LogP contribution in [0.25, 0.3) is 0 Å². The van der Waals surface area contributed by atoms with E-state index < -0.39 is 0 Å². The zero-order valence-corrected chi connectivity index (χ0v) is 12.7. The van der Waals surface area contributed by atoms with Crippen LogP contribution in [0.4, 0.5) is 0 Å². The molecule has 0 aromatic heterocycles. The van der Waals surface area contributed by atoms with Crippen LogP contribution in [0.15, 0.2) is 12.1 Å². The molecule has 0 saturated carbocycles. The number of carbonyl (C=O) groups excluding carboxylic acids is 1. The summed E-state index contributed by atoms with van der Waals surface area (Å²) in [6.45, 7) is 1.80. The number of hydrogen-bond donors (Lipinski definition) is 2. The van der Waals surface area contributed by atoms with E-state index in [-0.39, 0.29) is 11.9 Å². The maximum Gasteiger partial charge on any atom is 0.255 e. The van der Waals surface area contributed by atoms with E-state index in [1.54, 1.807) is 19.2 Å². The maximum atomic E-state index is 12.4. The fraction of sp³-hybridized carbons (Fsp3) is 0.533. The van der Waals surface area contributed by atoms with Gasteiger partial charge in [-0.3, -0.25) is 4.79 Å². The minimum Gasteiger partial charge on any atom is -0.493 e. The van der Waals surface area contributed by atoms with Crippen LogP contribution in [-0.2, 0) is 0 Å². The van der Waals surface area contributed by atoms with Crippen LogP contribution in [0.3, 0.4) is 0 Å². The van der Waals surface area contributed by atoms with Crippen molar-refractivity contribution in [2.24, 2.45) is 0 Å². The topological polar surface area (TPSA) is 68.8 Å². The van der Waals surface area contributed by atoms with Gasteiger partial charge in [0, 0.05) is 12.6 Å². The fourth-order valence-electron chi connectivity index (χ4n) is 2.52. The van der Waals surface area contributed by atoms with Gasteiger partial charge in [0.15, 0.2) is 11.5 Å². The maximum absolute atomic E-state index is 12.4. The Morgan fingerprint density at radius 1 is 1.19 bits per heavy atom. The summed E-state index contributed by atoms with van der Waals surface area (Å²) >= 11 is 0. The van der Waals surface area contributed by atoms with E-state index in [0.29, 0.717) is 22.8 Å². The molecule has 0 unspecified atom stereocenters.